The molecule has 10 nitrogen and oxygen atoms in total. The molecule has 0 heterocycles. The molecule has 136 valence electrons. The van der Waals surface area contributed by atoms with Gasteiger partial charge in [0.2, 0.25) is 5.96 Å². The minimum Gasteiger partial charge on any atom is -0.480 e. The molecule has 3 N–H and O–H groups in total. The molecule has 0 radical (unpaired) electrons. The fourth-order valence-corrected chi connectivity index (χ4v) is 2.40. The maximum absolute atomic E-state index is 11.3. The normalized spacial score (nSPS) is 10.9. The topological polar surface area (TPSA) is 143 Å². The summed E-state index contributed by atoms with van der Waals surface area (Å²) in [6, 6.07) is 4.42. The van der Waals surface area contributed by atoms with Crippen molar-refractivity contribution in [1.82, 2.24) is 10.6 Å². The number of nitro groups is 1. The van der Waals surface area contributed by atoms with Crippen LogP contribution in [0.1, 0.15) is 13.3 Å². The monoisotopic (exact) mass is 370 g/mol. The number of alkyl carbamates (subject to hydrolysis) is 1. The second-order valence-electron chi connectivity index (χ2n) is 4.58. The molecule has 0 bridgehead atoms. The van der Waals surface area contributed by atoms with Gasteiger partial charge in [0.15, 0.2) is 0 Å². The van der Waals surface area contributed by atoms with Crippen LogP contribution in [-0.2, 0) is 9.53 Å². The van der Waals surface area contributed by atoms with E-state index in [1.54, 1.807) is 6.07 Å². The number of benzene rings is 1. The van der Waals surface area contributed by atoms with Crippen LogP contribution in [0.25, 0.3) is 0 Å². The molecule has 0 aromatic heterocycles. The number of aliphatic imine (C=N–C) groups is 1. The van der Waals surface area contributed by atoms with Gasteiger partial charge < -0.3 is 15.2 Å². The highest BCUT2D eigenvalue weighted by atomic mass is 32.2. The molecule has 0 aliphatic rings. The molecule has 0 saturated carbocycles. The minimum absolute atomic E-state index is 0.0182. The molecular formula is C14H18N4O6S. The second-order valence-corrected chi connectivity index (χ2v) is 5.75. The number of rotatable bonds is 7. The number of nitro benzene ring substituents is 1. The van der Waals surface area contributed by atoms with E-state index in [2.05, 4.69) is 20.4 Å². The number of ether oxygens (including phenoxy) is 1. The Balaban J connectivity index is 3.22. The van der Waals surface area contributed by atoms with Crippen LogP contribution >= 0.6 is 11.8 Å². The molecule has 0 aliphatic carbocycles. The van der Waals surface area contributed by atoms with Gasteiger partial charge in [-0.05, 0) is 24.3 Å². The summed E-state index contributed by atoms with van der Waals surface area (Å²) < 4.78 is 4.42. The largest absolute Gasteiger partial charge is 0.480 e. The first-order valence-corrected chi connectivity index (χ1v) is 8.16. The Kier molecular flexibility index (Phi) is 8.19. The average Bonchev–Trinajstić information content (AvgIpc) is 2.57. The maximum Gasteiger partial charge on any atom is 0.413 e. The van der Waals surface area contributed by atoms with Crippen LogP contribution in [0.2, 0.25) is 0 Å². The zero-order valence-corrected chi connectivity index (χ0v) is 14.5. The van der Waals surface area contributed by atoms with Gasteiger partial charge in [0.25, 0.3) is 5.69 Å². The lowest BCUT2D eigenvalue weighted by Gasteiger charge is -2.09. The van der Waals surface area contributed by atoms with E-state index in [1.165, 1.54) is 23.9 Å². The summed E-state index contributed by atoms with van der Waals surface area (Å²) in [6.07, 6.45) is 0.0334. The molecule has 0 spiro atoms. The van der Waals surface area contributed by atoms with Gasteiger partial charge in [-0.1, -0.05) is 6.92 Å². The Morgan fingerprint density at radius 2 is 2.16 bits per heavy atom. The molecule has 1 aromatic carbocycles. The van der Waals surface area contributed by atoms with Gasteiger partial charge in [0.05, 0.1) is 12.0 Å². The Bertz CT molecular complexity index is 679. The summed E-state index contributed by atoms with van der Waals surface area (Å²) in [5, 5.41) is 24.5. The molecule has 1 aromatic rings. The smallest absolute Gasteiger partial charge is 0.413 e. The van der Waals surface area contributed by atoms with Crippen molar-refractivity contribution in [2.24, 2.45) is 4.99 Å². The highest BCUT2D eigenvalue weighted by Gasteiger charge is 2.16. The molecule has 0 aliphatic heterocycles. The van der Waals surface area contributed by atoms with Crippen LogP contribution in [-0.4, -0.2) is 47.5 Å². The zero-order valence-electron chi connectivity index (χ0n) is 13.6. The van der Waals surface area contributed by atoms with Crippen LogP contribution in [0.3, 0.4) is 0 Å². The summed E-state index contributed by atoms with van der Waals surface area (Å²) in [7, 11) is 1.12. The van der Waals surface area contributed by atoms with Gasteiger partial charge in [-0.2, -0.15) is 0 Å². The fraction of sp³-hybridized carbons (Fsp3) is 0.357. The fourth-order valence-electron chi connectivity index (χ4n) is 1.60. The van der Waals surface area contributed by atoms with Crippen molar-refractivity contribution >= 4 is 41.2 Å². The molecule has 0 saturated heterocycles. The highest BCUT2D eigenvalue weighted by molar-refractivity contribution is 7.99. The van der Waals surface area contributed by atoms with E-state index in [-0.39, 0.29) is 17.3 Å². The number of amides is 1. The van der Waals surface area contributed by atoms with E-state index in [1.807, 2.05) is 6.92 Å². The summed E-state index contributed by atoms with van der Waals surface area (Å²) in [6.45, 7) is 1.46. The summed E-state index contributed by atoms with van der Waals surface area (Å²) in [4.78, 5) is 37.3. The third kappa shape index (κ3) is 7.08. The van der Waals surface area contributed by atoms with Crippen molar-refractivity contribution in [2.75, 3.05) is 19.4 Å². The number of thioether (sulfide) groups is 1. The van der Waals surface area contributed by atoms with Gasteiger partial charge in [0.1, 0.15) is 12.2 Å². The maximum atomic E-state index is 11.3. The first-order valence-electron chi connectivity index (χ1n) is 7.18. The van der Waals surface area contributed by atoms with Gasteiger partial charge in [0, 0.05) is 11.0 Å². The van der Waals surface area contributed by atoms with E-state index in [0.29, 0.717) is 0 Å². The number of aliphatic carboxylic acids is 1. The predicted molar refractivity (Wildman–Crippen MR) is 92.4 cm³/mol. The lowest BCUT2D eigenvalue weighted by molar-refractivity contribution is -0.384. The second kappa shape index (κ2) is 10.1. The average molecular weight is 370 g/mol. The van der Waals surface area contributed by atoms with Crippen LogP contribution in [0.15, 0.2) is 28.1 Å². The Hall–Kier alpha value is -2.82. The van der Waals surface area contributed by atoms with Gasteiger partial charge in [-0.25, -0.2) is 9.79 Å². The van der Waals surface area contributed by atoms with Crippen LogP contribution in [0, 0.1) is 10.1 Å². The van der Waals surface area contributed by atoms with Crippen molar-refractivity contribution in [2.45, 2.75) is 18.2 Å². The standard InChI is InChI=1S/C14H18N4O6S/c1-3-6-25-9-4-5-11(18(22)23)10(7-9)16-13(15-8-12(19)20)17-14(21)24-2/h4-5,7H,3,6,8H2,1-2H3,(H,19,20)(H2,15,16,17,21). The lowest BCUT2D eigenvalue weighted by atomic mass is 10.3. The van der Waals surface area contributed by atoms with Gasteiger partial charge >= 0.3 is 12.1 Å². The molecule has 1 rings (SSSR count). The summed E-state index contributed by atoms with van der Waals surface area (Å²) >= 11 is 1.50. The van der Waals surface area contributed by atoms with Crippen molar-refractivity contribution in [3.05, 3.63) is 28.3 Å². The van der Waals surface area contributed by atoms with Crippen molar-refractivity contribution in [1.29, 1.82) is 0 Å². The van der Waals surface area contributed by atoms with E-state index in [0.717, 1.165) is 24.2 Å². The number of carbonyl (C=O) groups excluding carboxylic acids is 1. The summed E-state index contributed by atoms with van der Waals surface area (Å²) in [5.74, 6) is -0.637. The lowest BCUT2D eigenvalue weighted by Crippen LogP contribution is -2.42. The molecular weight excluding hydrogens is 352 g/mol. The number of guanidine groups is 1. The van der Waals surface area contributed by atoms with Gasteiger partial charge in [-0.15, -0.1) is 11.8 Å². The number of nitrogens with one attached hydrogen (secondary N) is 2. The first-order chi connectivity index (χ1) is 11.9. The number of carbonyl (C=O) groups is 2. The van der Waals surface area contributed by atoms with Crippen molar-refractivity contribution in [3.63, 3.8) is 0 Å². The number of carboxylic acids is 1. The molecule has 0 unspecified atom stereocenters. The van der Waals surface area contributed by atoms with E-state index in [9.17, 15) is 19.7 Å². The zero-order chi connectivity index (χ0) is 18.8. The Morgan fingerprint density at radius 3 is 2.72 bits per heavy atom. The van der Waals surface area contributed by atoms with Gasteiger partial charge in [-0.3, -0.25) is 20.2 Å². The predicted octanol–water partition coefficient (Wildman–Crippen LogP) is 2.11. The Labute approximate surface area is 147 Å². The molecule has 0 atom stereocenters. The van der Waals surface area contributed by atoms with Crippen LogP contribution in [0.5, 0.6) is 0 Å². The van der Waals surface area contributed by atoms with E-state index < -0.39 is 23.5 Å². The minimum atomic E-state index is -1.19. The molecule has 11 heteroatoms. The molecule has 1 amide bonds. The number of nitrogens with zero attached hydrogens (tertiary/aromatic N) is 2. The van der Waals surface area contributed by atoms with Crippen molar-refractivity contribution < 1.29 is 24.4 Å². The molecule has 25 heavy (non-hydrogen) atoms. The van der Waals surface area contributed by atoms with E-state index in [4.69, 9.17) is 5.11 Å². The van der Waals surface area contributed by atoms with Crippen LogP contribution < -0.4 is 10.6 Å². The highest BCUT2D eigenvalue weighted by Crippen LogP contribution is 2.32. The number of hydrogen-bond acceptors (Lipinski definition) is 7. The Morgan fingerprint density at radius 1 is 1.44 bits per heavy atom. The number of carboxylic acid groups (broad SMARTS) is 1. The third-order valence-electron chi connectivity index (χ3n) is 2.66. The SMILES string of the molecule is CCCSc1ccc([N+](=O)[O-])c(/N=C(/NCC(=O)O)NC(=O)OC)c1. The quantitative estimate of drug-likeness (QED) is 0.218. The third-order valence-corrected chi connectivity index (χ3v) is 3.86. The summed E-state index contributed by atoms with van der Waals surface area (Å²) in [5.41, 5.74) is -0.294. The number of methoxy groups -OCH3 is 1. The van der Waals surface area contributed by atoms with Crippen LogP contribution in [0.4, 0.5) is 16.2 Å². The first kappa shape index (κ1) is 20.2. The van der Waals surface area contributed by atoms with E-state index >= 15 is 0 Å². The molecule has 0 fully saturated rings. The van der Waals surface area contributed by atoms with Crippen molar-refractivity contribution in [3.8, 4) is 0 Å². The number of hydrogen-bond donors (Lipinski definition) is 3.